The van der Waals surface area contributed by atoms with Crippen LogP contribution in [-0.2, 0) is 0 Å². The summed E-state index contributed by atoms with van der Waals surface area (Å²) in [7, 11) is 2.03. The van der Waals surface area contributed by atoms with E-state index in [1.54, 1.807) is 6.20 Å². The first-order chi connectivity index (χ1) is 14.9. The maximum absolute atomic E-state index is 15.3. The molecule has 3 aromatic rings. The van der Waals surface area contributed by atoms with Crippen LogP contribution < -0.4 is 20.4 Å². The van der Waals surface area contributed by atoms with E-state index >= 15 is 4.39 Å². The molecule has 2 aliphatic heterocycles. The van der Waals surface area contributed by atoms with Crippen molar-refractivity contribution in [3.05, 3.63) is 46.3 Å². The smallest absolute Gasteiger partial charge is 0.263 e. The van der Waals surface area contributed by atoms with E-state index in [4.69, 9.17) is 4.74 Å². The van der Waals surface area contributed by atoms with Gasteiger partial charge in [-0.2, -0.15) is 0 Å². The number of anilines is 2. The van der Waals surface area contributed by atoms with Gasteiger partial charge in [-0.1, -0.05) is 0 Å². The van der Waals surface area contributed by atoms with Crippen molar-refractivity contribution in [1.29, 1.82) is 0 Å². The summed E-state index contributed by atoms with van der Waals surface area (Å²) in [6.45, 7) is 5.20. The molecule has 1 atom stereocenters. The van der Waals surface area contributed by atoms with Crippen molar-refractivity contribution in [2.45, 2.75) is 13.0 Å². The first-order valence-electron chi connectivity index (χ1n) is 10.2. The third-order valence-electron chi connectivity index (χ3n) is 5.94. The monoisotopic (exact) mass is 426 g/mol. The molecule has 9 nitrogen and oxygen atoms in total. The lowest BCUT2D eigenvalue weighted by molar-refractivity contribution is 0.102. The second kappa shape index (κ2) is 7.38. The molecule has 4 heterocycles. The van der Waals surface area contributed by atoms with E-state index in [0.717, 1.165) is 13.1 Å². The van der Waals surface area contributed by atoms with Gasteiger partial charge in [0, 0.05) is 44.8 Å². The van der Waals surface area contributed by atoms with Gasteiger partial charge in [-0.3, -0.25) is 14.9 Å². The van der Waals surface area contributed by atoms with Crippen molar-refractivity contribution in [3.8, 4) is 5.75 Å². The Balaban J connectivity index is 1.67. The number of hydrogen-bond acceptors (Lipinski definition) is 6. The molecule has 1 saturated heterocycles. The minimum Gasteiger partial charge on any atom is -0.487 e. The minimum absolute atomic E-state index is 0.0738. The Bertz CT molecular complexity index is 1210. The highest BCUT2D eigenvalue weighted by Crippen LogP contribution is 2.42. The number of carbonyl (C=O) groups excluding carboxylic acids is 1. The molecule has 10 heteroatoms. The molecule has 2 N–H and O–H groups in total. The van der Waals surface area contributed by atoms with Crippen LogP contribution in [0.5, 0.6) is 5.75 Å². The quantitative estimate of drug-likeness (QED) is 0.664. The number of carbonyl (C=O) groups is 1. The van der Waals surface area contributed by atoms with E-state index < -0.39 is 17.2 Å². The van der Waals surface area contributed by atoms with E-state index in [-0.39, 0.29) is 22.9 Å². The highest BCUT2D eigenvalue weighted by molar-refractivity contribution is 6.06. The molecular formula is C21H23FN6O3. The van der Waals surface area contributed by atoms with E-state index in [2.05, 4.69) is 20.2 Å². The molecule has 0 saturated carbocycles. The van der Waals surface area contributed by atoms with Gasteiger partial charge < -0.3 is 24.1 Å². The second-order valence-corrected chi connectivity index (χ2v) is 8.05. The van der Waals surface area contributed by atoms with Crippen molar-refractivity contribution >= 4 is 28.4 Å². The third kappa shape index (κ3) is 3.23. The topological polar surface area (TPSA) is 95.5 Å². The van der Waals surface area contributed by atoms with Crippen LogP contribution in [0.3, 0.4) is 0 Å². The molecule has 2 aliphatic rings. The lowest BCUT2D eigenvalue weighted by Gasteiger charge is -2.37. The number of aromatic amines is 1. The van der Waals surface area contributed by atoms with Crippen LogP contribution in [0.2, 0.25) is 0 Å². The van der Waals surface area contributed by atoms with Crippen molar-refractivity contribution in [2.75, 3.05) is 50.1 Å². The molecule has 0 bridgehead atoms. The number of hydrogen-bond donors (Lipinski definition) is 2. The maximum atomic E-state index is 15.3. The van der Waals surface area contributed by atoms with Crippen LogP contribution in [0.4, 0.5) is 16.0 Å². The summed E-state index contributed by atoms with van der Waals surface area (Å²) in [5.41, 5.74) is 0.287. The number of likely N-dealkylation sites (N-methyl/N-ethyl adjacent to an activating group) is 1. The van der Waals surface area contributed by atoms with Crippen LogP contribution in [0.25, 0.3) is 10.9 Å². The van der Waals surface area contributed by atoms with Crippen LogP contribution in [0, 0.1) is 5.82 Å². The summed E-state index contributed by atoms with van der Waals surface area (Å²) < 4.78 is 23.1. The molecule has 0 radical (unpaired) electrons. The standard InChI is InChI=1S/C21H23FN6O3/c1-12-11-31-19-16-13(9-15(22)17(19)27-7-5-26(2)6-8-27)18(29)14(10-28(12)16)20(30)25-21-23-3-4-24-21/h3-4,9-10,12H,5-8,11H2,1-2H3,(H2,23,24,25,30)/t12-/m0/s1. The fraction of sp³-hybridized carbons (Fsp3) is 0.381. The average Bonchev–Trinajstić information content (AvgIpc) is 3.26. The molecule has 31 heavy (non-hydrogen) atoms. The average molecular weight is 426 g/mol. The van der Waals surface area contributed by atoms with Crippen molar-refractivity contribution in [1.82, 2.24) is 19.4 Å². The number of aromatic nitrogens is 3. The Morgan fingerprint density at radius 2 is 2.10 bits per heavy atom. The van der Waals surface area contributed by atoms with Gasteiger partial charge in [-0.25, -0.2) is 9.37 Å². The molecule has 1 fully saturated rings. The maximum Gasteiger partial charge on any atom is 0.263 e. The molecule has 0 aliphatic carbocycles. The van der Waals surface area contributed by atoms with E-state index in [0.29, 0.717) is 36.6 Å². The van der Waals surface area contributed by atoms with Crippen LogP contribution in [-0.4, -0.2) is 65.2 Å². The zero-order chi connectivity index (χ0) is 21.7. The van der Waals surface area contributed by atoms with Crippen LogP contribution in [0.1, 0.15) is 23.3 Å². The van der Waals surface area contributed by atoms with E-state index in [1.165, 1.54) is 18.5 Å². The van der Waals surface area contributed by atoms with Gasteiger partial charge >= 0.3 is 0 Å². The fourth-order valence-electron chi connectivity index (χ4n) is 4.21. The number of ether oxygens (including phenoxy) is 1. The Morgan fingerprint density at radius 1 is 1.32 bits per heavy atom. The number of nitrogens with zero attached hydrogens (tertiary/aromatic N) is 4. The Morgan fingerprint density at radius 3 is 2.81 bits per heavy atom. The number of piperazine rings is 1. The normalized spacial score (nSPS) is 18.8. The first kappa shape index (κ1) is 19.6. The van der Waals surface area contributed by atoms with Gasteiger partial charge in [-0.15, -0.1) is 0 Å². The van der Waals surface area contributed by atoms with Gasteiger partial charge in [0.25, 0.3) is 5.91 Å². The number of amides is 1. The van der Waals surface area contributed by atoms with Gasteiger partial charge in [-0.05, 0) is 20.0 Å². The van der Waals surface area contributed by atoms with Gasteiger partial charge in [0.2, 0.25) is 11.4 Å². The molecule has 162 valence electrons. The molecule has 0 unspecified atom stereocenters. The van der Waals surface area contributed by atoms with E-state index in [9.17, 15) is 9.59 Å². The summed E-state index contributed by atoms with van der Waals surface area (Å²) in [5, 5.41) is 2.70. The SMILES string of the molecule is C[C@H]1COc2c(N3CCN(C)CC3)c(F)cc3c(=O)c(C(=O)Nc4ncc[nH]4)cn1c23. The molecule has 1 amide bonds. The van der Waals surface area contributed by atoms with Gasteiger partial charge in [0.1, 0.15) is 17.9 Å². The highest BCUT2D eigenvalue weighted by atomic mass is 19.1. The molecule has 0 spiro atoms. The first-order valence-corrected chi connectivity index (χ1v) is 10.2. The highest BCUT2D eigenvalue weighted by Gasteiger charge is 2.31. The van der Waals surface area contributed by atoms with Crippen molar-refractivity contribution < 1.29 is 13.9 Å². The lowest BCUT2D eigenvalue weighted by atomic mass is 10.0. The number of benzene rings is 1. The number of imidazole rings is 1. The summed E-state index contributed by atoms with van der Waals surface area (Å²) in [6, 6.07) is 1.10. The van der Waals surface area contributed by atoms with E-state index in [1.807, 2.05) is 23.4 Å². The van der Waals surface area contributed by atoms with Crippen molar-refractivity contribution in [3.63, 3.8) is 0 Å². The predicted molar refractivity (Wildman–Crippen MR) is 115 cm³/mol. The number of halogens is 1. The summed E-state index contributed by atoms with van der Waals surface area (Å²) in [5.74, 6) is -0.521. The number of rotatable bonds is 3. The van der Waals surface area contributed by atoms with Gasteiger partial charge in [0.15, 0.2) is 11.6 Å². The molecule has 5 rings (SSSR count). The minimum atomic E-state index is -0.602. The number of nitrogens with one attached hydrogen (secondary N) is 2. The van der Waals surface area contributed by atoms with Crippen LogP contribution >= 0.6 is 0 Å². The fourth-order valence-corrected chi connectivity index (χ4v) is 4.21. The lowest BCUT2D eigenvalue weighted by Crippen LogP contribution is -2.45. The molecule has 1 aromatic carbocycles. The summed E-state index contributed by atoms with van der Waals surface area (Å²) >= 11 is 0. The van der Waals surface area contributed by atoms with Gasteiger partial charge in [0.05, 0.1) is 16.9 Å². The van der Waals surface area contributed by atoms with Crippen LogP contribution in [0.15, 0.2) is 29.5 Å². The zero-order valence-electron chi connectivity index (χ0n) is 17.3. The predicted octanol–water partition coefficient (Wildman–Crippen LogP) is 1.82. The number of H-pyrrole nitrogens is 1. The van der Waals surface area contributed by atoms with Crippen molar-refractivity contribution in [2.24, 2.45) is 0 Å². The Labute approximate surface area is 177 Å². The Hall–Kier alpha value is -3.40. The zero-order valence-corrected chi connectivity index (χ0v) is 17.3. The third-order valence-corrected chi connectivity index (χ3v) is 5.94. The summed E-state index contributed by atoms with van der Waals surface area (Å²) in [4.78, 5) is 36.8. The molecular weight excluding hydrogens is 403 g/mol. The Kier molecular flexibility index (Phi) is 4.66. The molecule has 2 aromatic heterocycles. The number of pyridine rings is 1. The second-order valence-electron chi connectivity index (χ2n) is 8.05. The summed E-state index contributed by atoms with van der Waals surface area (Å²) in [6.07, 6.45) is 4.59. The largest absolute Gasteiger partial charge is 0.487 e.